The Bertz CT molecular complexity index is 1090. The number of hydrogen-bond acceptors (Lipinski definition) is 6. The number of benzene rings is 3. The van der Waals surface area contributed by atoms with Crippen LogP contribution >= 0.6 is 0 Å². The van der Waals surface area contributed by atoms with Gasteiger partial charge in [-0.25, -0.2) is 4.79 Å². The number of esters is 1. The number of fused-ring (bicyclic) bond motifs is 1. The van der Waals surface area contributed by atoms with E-state index in [2.05, 4.69) is 0 Å². The van der Waals surface area contributed by atoms with Crippen molar-refractivity contribution in [3.8, 4) is 23.0 Å². The topological polar surface area (TPSA) is 63.2 Å². The van der Waals surface area contributed by atoms with Crippen molar-refractivity contribution in [2.45, 2.75) is 20.0 Å². The molecule has 3 aromatic carbocycles. The summed E-state index contributed by atoms with van der Waals surface area (Å²) in [6, 6.07) is 15.7. The van der Waals surface area contributed by atoms with Crippen LogP contribution in [-0.2, 0) is 22.6 Å². The molecule has 3 rings (SSSR count). The zero-order valence-electron chi connectivity index (χ0n) is 18.8. The Kier molecular flexibility index (Phi) is 7.97. The fourth-order valence-electron chi connectivity index (χ4n) is 3.47. The number of allylic oxidation sites excluding steroid dienone is 1. The van der Waals surface area contributed by atoms with Crippen molar-refractivity contribution < 1.29 is 28.5 Å². The average molecular weight is 437 g/mol. The third kappa shape index (κ3) is 5.32. The van der Waals surface area contributed by atoms with Gasteiger partial charge in [0.1, 0.15) is 18.1 Å². The van der Waals surface area contributed by atoms with Crippen LogP contribution in [0.25, 0.3) is 10.8 Å². The molecule has 0 N–H and O–H groups in total. The lowest BCUT2D eigenvalue weighted by Gasteiger charge is -2.18. The summed E-state index contributed by atoms with van der Waals surface area (Å²) in [5, 5.41) is 1.59. The summed E-state index contributed by atoms with van der Waals surface area (Å²) < 4.78 is 28.1. The highest BCUT2D eigenvalue weighted by Crippen LogP contribution is 2.46. The highest BCUT2D eigenvalue weighted by atomic mass is 16.5. The van der Waals surface area contributed by atoms with E-state index in [-0.39, 0.29) is 5.97 Å². The normalized spacial score (nSPS) is 10.9. The molecule has 0 saturated carbocycles. The Labute approximate surface area is 188 Å². The Morgan fingerprint density at radius 3 is 2.28 bits per heavy atom. The van der Waals surface area contributed by atoms with E-state index in [1.54, 1.807) is 34.3 Å². The zero-order chi connectivity index (χ0) is 22.9. The first-order valence-corrected chi connectivity index (χ1v) is 10.4. The van der Waals surface area contributed by atoms with Crippen molar-refractivity contribution in [2.75, 3.05) is 27.9 Å². The van der Waals surface area contributed by atoms with E-state index in [0.717, 1.165) is 21.9 Å². The van der Waals surface area contributed by atoms with Crippen molar-refractivity contribution in [2.24, 2.45) is 0 Å². The van der Waals surface area contributed by atoms with E-state index in [4.69, 9.17) is 23.7 Å². The predicted octanol–water partition coefficient (Wildman–Crippen LogP) is 5.11. The summed E-state index contributed by atoms with van der Waals surface area (Å²) in [5.74, 6) is 2.06. The molecule has 0 heterocycles. The van der Waals surface area contributed by atoms with Crippen LogP contribution in [0.2, 0.25) is 0 Å². The first kappa shape index (κ1) is 23.0. The summed E-state index contributed by atoms with van der Waals surface area (Å²) in [4.78, 5) is 11.6. The van der Waals surface area contributed by atoms with Gasteiger partial charge in [-0.3, -0.25) is 0 Å². The van der Waals surface area contributed by atoms with E-state index < -0.39 is 0 Å². The predicted molar refractivity (Wildman–Crippen MR) is 124 cm³/mol. The molecule has 6 heteroatoms. The van der Waals surface area contributed by atoms with Gasteiger partial charge >= 0.3 is 5.97 Å². The van der Waals surface area contributed by atoms with Gasteiger partial charge in [-0.1, -0.05) is 36.4 Å². The molecule has 168 valence electrons. The highest BCUT2D eigenvalue weighted by molar-refractivity contribution is 6.00. The van der Waals surface area contributed by atoms with E-state index in [1.807, 2.05) is 48.5 Å². The van der Waals surface area contributed by atoms with E-state index >= 15 is 0 Å². The second-order valence-corrected chi connectivity index (χ2v) is 6.96. The van der Waals surface area contributed by atoms with Crippen molar-refractivity contribution in [3.05, 3.63) is 71.8 Å². The Balaban J connectivity index is 2.05. The Hall–Kier alpha value is -3.67. The Morgan fingerprint density at radius 1 is 0.875 bits per heavy atom. The van der Waals surface area contributed by atoms with Crippen LogP contribution in [0, 0.1) is 0 Å². The summed E-state index contributed by atoms with van der Waals surface area (Å²) >= 11 is 0. The molecule has 0 aliphatic rings. The number of rotatable bonds is 10. The van der Waals surface area contributed by atoms with Gasteiger partial charge in [-0.05, 0) is 36.6 Å². The molecule has 0 amide bonds. The van der Waals surface area contributed by atoms with Crippen molar-refractivity contribution in [1.82, 2.24) is 0 Å². The molecule has 32 heavy (non-hydrogen) atoms. The summed E-state index contributed by atoms with van der Waals surface area (Å²) in [6.07, 6.45) is 3.71. The number of hydrogen-bond donors (Lipinski definition) is 0. The lowest BCUT2D eigenvalue weighted by atomic mass is 10.0. The van der Waals surface area contributed by atoms with Gasteiger partial charge in [0, 0.05) is 17.5 Å². The van der Waals surface area contributed by atoms with E-state index in [9.17, 15) is 4.79 Å². The largest absolute Gasteiger partial charge is 0.496 e. The fourth-order valence-corrected chi connectivity index (χ4v) is 3.47. The van der Waals surface area contributed by atoms with Gasteiger partial charge in [0.25, 0.3) is 0 Å². The molecule has 0 aliphatic carbocycles. The molecule has 0 atom stereocenters. The lowest BCUT2D eigenvalue weighted by molar-refractivity contribution is -0.137. The molecule has 0 aromatic heterocycles. The molecular weight excluding hydrogens is 408 g/mol. The van der Waals surface area contributed by atoms with Crippen molar-refractivity contribution in [3.63, 3.8) is 0 Å². The minimum Gasteiger partial charge on any atom is -0.496 e. The minimum absolute atomic E-state index is 0.343. The van der Waals surface area contributed by atoms with Gasteiger partial charge in [-0.15, -0.1) is 0 Å². The highest BCUT2D eigenvalue weighted by Gasteiger charge is 2.19. The summed E-state index contributed by atoms with van der Waals surface area (Å²) in [5.41, 5.74) is 1.99. The van der Waals surface area contributed by atoms with Crippen LogP contribution in [0.15, 0.2) is 60.7 Å². The number of methoxy groups -OCH3 is 3. The van der Waals surface area contributed by atoms with Crippen LogP contribution in [0.3, 0.4) is 0 Å². The van der Waals surface area contributed by atoms with Crippen molar-refractivity contribution in [1.29, 1.82) is 0 Å². The molecule has 0 bridgehead atoms. The standard InChI is InChI=1S/C26H28O6/c1-5-31-24(27)13-9-12-19-14-20-25(21(15-19)28-2)22(16-23(29-3)26(20)30-4)32-17-18-10-7-6-8-11-18/h6-11,13-16H,5,12,17H2,1-4H3/b13-9+. The molecule has 0 unspecified atom stereocenters. The quantitative estimate of drug-likeness (QED) is 0.325. The number of ether oxygens (including phenoxy) is 5. The molecule has 0 aliphatic heterocycles. The van der Waals surface area contributed by atoms with Gasteiger partial charge in [0.2, 0.25) is 0 Å². The van der Waals surface area contributed by atoms with E-state index in [1.165, 1.54) is 6.08 Å². The second-order valence-electron chi connectivity index (χ2n) is 6.96. The summed E-state index contributed by atoms with van der Waals surface area (Å²) in [7, 11) is 4.81. The maximum Gasteiger partial charge on any atom is 0.330 e. The molecule has 0 fully saturated rings. The van der Waals surface area contributed by atoms with E-state index in [0.29, 0.717) is 42.6 Å². The molecule has 0 radical (unpaired) electrons. The molecule has 3 aromatic rings. The summed E-state index contributed by atoms with van der Waals surface area (Å²) in [6.45, 7) is 2.52. The first-order valence-electron chi connectivity index (χ1n) is 10.4. The number of carbonyl (C=O) groups is 1. The SMILES string of the molecule is CCOC(=O)/C=C/Cc1cc(OC)c2c(OCc3ccccc3)cc(OC)c(OC)c2c1. The van der Waals surface area contributed by atoms with Crippen LogP contribution in [0.4, 0.5) is 0 Å². The zero-order valence-corrected chi connectivity index (χ0v) is 18.8. The molecule has 0 spiro atoms. The molecular formula is C26H28O6. The maximum atomic E-state index is 11.6. The smallest absolute Gasteiger partial charge is 0.330 e. The number of carbonyl (C=O) groups excluding carboxylic acids is 1. The first-order chi connectivity index (χ1) is 15.6. The Morgan fingerprint density at radius 2 is 1.62 bits per heavy atom. The third-order valence-electron chi connectivity index (χ3n) is 4.91. The minimum atomic E-state index is -0.365. The van der Waals surface area contributed by atoms with Crippen LogP contribution in [0.1, 0.15) is 18.1 Å². The maximum absolute atomic E-state index is 11.6. The van der Waals surface area contributed by atoms with Crippen molar-refractivity contribution >= 4 is 16.7 Å². The molecule has 6 nitrogen and oxygen atoms in total. The van der Waals surface area contributed by atoms with Crippen LogP contribution < -0.4 is 18.9 Å². The average Bonchev–Trinajstić information content (AvgIpc) is 2.82. The van der Waals surface area contributed by atoms with Gasteiger partial charge in [0.05, 0.1) is 33.3 Å². The van der Waals surface area contributed by atoms with Gasteiger partial charge < -0.3 is 23.7 Å². The fraction of sp³-hybridized carbons (Fsp3) is 0.269. The third-order valence-corrected chi connectivity index (χ3v) is 4.91. The second kappa shape index (κ2) is 11.1. The molecule has 0 saturated heterocycles. The van der Waals surface area contributed by atoms with Gasteiger partial charge in [0.15, 0.2) is 11.5 Å². The van der Waals surface area contributed by atoms with Gasteiger partial charge in [-0.2, -0.15) is 0 Å². The lowest BCUT2D eigenvalue weighted by Crippen LogP contribution is -2.01. The van der Waals surface area contributed by atoms with Crippen LogP contribution in [-0.4, -0.2) is 33.9 Å². The monoisotopic (exact) mass is 436 g/mol. The van der Waals surface area contributed by atoms with Crippen LogP contribution in [0.5, 0.6) is 23.0 Å².